The summed E-state index contributed by atoms with van der Waals surface area (Å²) in [6.45, 7) is 3.11. The van der Waals surface area contributed by atoms with Crippen LogP contribution < -0.4 is 10.5 Å². The molecule has 0 aromatic heterocycles. The lowest BCUT2D eigenvalue weighted by Gasteiger charge is -2.23. The summed E-state index contributed by atoms with van der Waals surface area (Å²) in [5.74, 6) is 0.00576. The number of carbonyl (C=O) groups is 1. The van der Waals surface area contributed by atoms with E-state index >= 15 is 0 Å². The predicted molar refractivity (Wildman–Crippen MR) is 77.9 cm³/mol. The zero-order chi connectivity index (χ0) is 15.5. The maximum absolute atomic E-state index is 12.1. The zero-order valence-corrected chi connectivity index (χ0v) is 12.7. The summed E-state index contributed by atoms with van der Waals surface area (Å²) in [4.78, 5) is 12.2. The van der Waals surface area contributed by atoms with Crippen molar-refractivity contribution in [3.63, 3.8) is 0 Å². The van der Waals surface area contributed by atoms with Crippen LogP contribution in [0.25, 0.3) is 0 Å². The highest BCUT2D eigenvalue weighted by atomic mass is 32.2. The molecule has 1 aliphatic rings. The first-order valence-electron chi connectivity index (χ1n) is 6.89. The Morgan fingerprint density at radius 3 is 2.38 bits per heavy atom. The van der Waals surface area contributed by atoms with Crippen LogP contribution in [0.1, 0.15) is 31.4 Å². The molecular weight excluding hydrogens is 292 g/mol. The van der Waals surface area contributed by atoms with E-state index in [1.165, 1.54) is 12.1 Å². The Kier molecular flexibility index (Phi) is 4.97. The SMILES string of the molecule is CC(NC(=O)C1CCOCC1)c1ccc(S(N)(=O)=O)cc1. The van der Waals surface area contributed by atoms with Crippen molar-refractivity contribution in [1.29, 1.82) is 0 Å². The first-order chi connectivity index (χ1) is 9.88. The lowest BCUT2D eigenvalue weighted by atomic mass is 9.98. The number of benzene rings is 1. The average molecular weight is 312 g/mol. The molecule has 1 amide bonds. The third-order valence-electron chi connectivity index (χ3n) is 3.66. The van der Waals surface area contributed by atoms with E-state index in [2.05, 4.69) is 5.32 Å². The summed E-state index contributed by atoms with van der Waals surface area (Å²) < 4.78 is 27.6. The zero-order valence-electron chi connectivity index (χ0n) is 11.9. The fourth-order valence-corrected chi connectivity index (χ4v) is 2.84. The molecule has 0 saturated carbocycles. The van der Waals surface area contributed by atoms with Gasteiger partial charge in [-0.25, -0.2) is 13.6 Å². The predicted octanol–water partition coefficient (Wildman–Crippen LogP) is 0.938. The highest BCUT2D eigenvalue weighted by Crippen LogP contribution is 2.19. The molecule has 0 radical (unpaired) electrons. The van der Waals surface area contributed by atoms with Crippen LogP contribution in [0.15, 0.2) is 29.2 Å². The molecule has 2 rings (SSSR count). The van der Waals surface area contributed by atoms with Crippen molar-refractivity contribution in [2.45, 2.75) is 30.7 Å². The van der Waals surface area contributed by atoms with E-state index in [4.69, 9.17) is 9.88 Å². The van der Waals surface area contributed by atoms with Crippen molar-refractivity contribution >= 4 is 15.9 Å². The third kappa shape index (κ3) is 4.26. The molecule has 1 aliphatic heterocycles. The molecule has 0 aliphatic carbocycles. The van der Waals surface area contributed by atoms with Gasteiger partial charge in [-0.1, -0.05) is 12.1 Å². The largest absolute Gasteiger partial charge is 0.381 e. The summed E-state index contributed by atoms with van der Waals surface area (Å²) in [7, 11) is -3.69. The molecule has 116 valence electrons. The molecule has 1 aromatic rings. The van der Waals surface area contributed by atoms with Crippen LogP contribution in [-0.4, -0.2) is 27.5 Å². The van der Waals surface area contributed by atoms with E-state index < -0.39 is 10.0 Å². The molecule has 1 atom stereocenters. The fourth-order valence-electron chi connectivity index (χ4n) is 2.32. The lowest BCUT2D eigenvalue weighted by molar-refractivity contribution is -0.128. The Morgan fingerprint density at radius 2 is 1.86 bits per heavy atom. The van der Waals surface area contributed by atoms with Crippen molar-refractivity contribution in [3.05, 3.63) is 29.8 Å². The molecule has 0 bridgehead atoms. The molecular formula is C14H20N2O4S. The Bertz CT molecular complexity index is 592. The summed E-state index contributed by atoms with van der Waals surface area (Å²) in [6.07, 6.45) is 1.48. The molecule has 1 heterocycles. The maximum Gasteiger partial charge on any atom is 0.238 e. The average Bonchev–Trinajstić information content (AvgIpc) is 2.47. The topological polar surface area (TPSA) is 98.5 Å². The number of hydrogen-bond acceptors (Lipinski definition) is 4. The second-order valence-corrected chi connectivity index (χ2v) is 6.79. The van der Waals surface area contributed by atoms with Crippen LogP contribution in [0.3, 0.4) is 0 Å². The first-order valence-corrected chi connectivity index (χ1v) is 8.43. The van der Waals surface area contributed by atoms with Gasteiger partial charge in [0.25, 0.3) is 0 Å². The van der Waals surface area contributed by atoms with E-state index in [0.717, 1.165) is 18.4 Å². The normalized spacial score (nSPS) is 18.2. The second-order valence-electron chi connectivity index (χ2n) is 5.23. The number of nitrogens with two attached hydrogens (primary N) is 1. The number of hydrogen-bond donors (Lipinski definition) is 2. The fraction of sp³-hybridized carbons (Fsp3) is 0.500. The van der Waals surface area contributed by atoms with Gasteiger partial charge in [0.05, 0.1) is 10.9 Å². The first kappa shape index (κ1) is 15.9. The van der Waals surface area contributed by atoms with Crippen molar-refractivity contribution in [3.8, 4) is 0 Å². The monoisotopic (exact) mass is 312 g/mol. The van der Waals surface area contributed by atoms with Crippen molar-refractivity contribution in [1.82, 2.24) is 5.32 Å². The van der Waals surface area contributed by atoms with Gasteiger partial charge in [-0.05, 0) is 37.5 Å². The number of amides is 1. The molecule has 1 unspecified atom stereocenters. The van der Waals surface area contributed by atoms with Gasteiger partial charge in [0.15, 0.2) is 0 Å². The van der Waals surface area contributed by atoms with Gasteiger partial charge in [-0.2, -0.15) is 0 Å². The molecule has 1 fully saturated rings. The maximum atomic E-state index is 12.1. The Morgan fingerprint density at radius 1 is 1.29 bits per heavy atom. The highest BCUT2D eigenvalue weighted by Gasteiger charge is 2.23. The van der Waals surface area contributed by atoms with E-state index in [1.807, 2.05) is 6.92 Å². The summed E-state index contributed by atoms with van der Waals surface area (Å²) >= 11 is 0. The van der Waals surface area contributed by atoms with Crippen molar-refractivity contribution in [2.24, 2.45) is 11.1 Å². The van der Waals surface area contributed by atoms with Crippen LogP contribution in [0.2, 0.25) is 0 Å². The van der Waals surface area contributed by atoms with E-state index in [-0.39, 0.29) is 22.8 Å². The van der Waals surface area contributed by atoms with Crippen LogP contribution in [0.4, 0.5) is 0 Å². The van der Waals surface area contributed by atoms with Gasteiger partial charge in [-0.15, -0.1) is 0 Å². The summed E-state index contributed by atoms with van der Waals surface area (Å²) in [5, 5.41) is 8.00. The molecule has 1 aromatic carbocycles. The molecule has 6 nitrogen and oxygen atoms in total. The van der Waals surface area contributed by atoms with E-state index in [9.17, 15) is 13.2 Å². The van der Waals surface area contributed by atoms with Gasteiger partial charge in [0.1, 0.15) is 0 Å². The van der Waals surface area contributed by atoms with Gasteiger partial charge in [-0.3, -0.25) is 4.79 Å². The molecule has 0 spiro atoms. The molecule has 21 heavy (non-hydrogen) atoms. The lowest BCUT2D eigenvalue weighted by Crippen LogP contribution is -2.35. The number of primary sulfonamides is 1. The van der Waals surface area contributed by atoms with E-state index in [1.54, 1.807) is 12.1 Å². The summed E-state index contributed by atoms with van der Waals surface area (Å²) in [5.41, 5.74) is 0.836. The third-order valence-corrected chi connectivity index (χ3v) is 4.59. The molecule has 1 saturated heterocycles. The highest BCUT2D eigenvalue weighted by molar-refractivity contribution is 7.89. The Labute approximate surface area is 124 Å². The summed E-state index contributed by atoms with van der Waals surface area (Å²) in [6, 6.07) is 6.03. The standard InChI is InChI=1S/C14H20N2O4S/c1-10(16-14(17)12-6-8-20-9-7-12)11-2-4-13(5-3-11)21(15,18)19/h2-5,10,12H,6-9H2,1H3,(H,16,17)(H2,15,18,19). The minimum Gasteiger partial charge on any atom is -0.381 e. The smallest absolute Gasteiger partial charge is 0.238 e. The van der Waals surface area contributed by atoms with Gasteiger partial charge in [0.2, 0.25) is 15.9 Å². The van der Waals surface area contributed by atoms with Crippen molar-refractivity contribution < 1.29 is 17.9 Å². The van der Waals surface area contributed by atoms with Gasteiger partial charge in [0, 0.05) is 19.1 Å². The van der Waals surface area contributed by atoms with Gasteiger partial charge >= 0.3 is 0 Å². The van der Waals surface area contributed by atoms with Gasteiger partial charge < -0.3 is 10.1 Å². The Balaban J connectivity index is 1.99. The minimum atomic E-state index is -3.69. The van der Waals surface area contributed by atoms with E-state index in [0.29, 0.717) is 13.2 Å². The van der Waals surface area contributed by atoms with Crippen molar-refractivity contribution in [2.75, 3.05) is 13.2 Å². The number of rotatable bonds is 4. The van der Waals surface area contributed by atoms with Crippen LogP contribution in [0.5, 0.6) is 0 Å². The second kappa shape index (κ2) is 6.55. The minimum absolute atomic E-state index is 0.00936. The molecule has 7 heteroatoms. The quantitative estimate of drug-likeness (QED) is 0.864. The van der Waals surface area contributed by atoms with Crippen LogP contribution >= 0.6 is 0 Å². The molecule has 3 N–H and O–H groups in total. The van der Waals surface area contributed by atoms with Crippen LogP contribution in [-0.2, 0) is 19.6 Å². The van der Waals surface area contributed by atoms with Crippen LogP contribution in [0, 0.1) is 5.92 Å². The number of nitrogens with one attached hydrogen (secondary N) is 1. The number of sulfonamides is 1. The number of carbonyl (C=O) groups excluding carboxylic acids is 1. The number of ether oxygens (including phenoxy) is 1. The Hall–Kier alpha value is -1.44.